The van der Waals surface area contributed by atoms with E-state index in [9.17, 15) is 0 Å². The zero-order chi connectivity index (χ0) is 14.5. The summed E-state index contributed by atoms with van der Waals surface area (Å²) in [5.41, 5.74) is 1.07. The van der Waals surface area contributed by atoms with Crippen LogP contribution >= 0.6 is 15.9 Å². The van der Waals surface area contributed by atoms with Gasteiger partial charge in [-0.15, -0.1) is 0 Å². The third kappa shape index (κ3) is 3.19. The van der Waals surface area contributed by atoms with Crippen molar-refractivity contribution >= 4 is 21.9 Å². The fraction of sp³-hybridized carbons (Fsp3) is 0.286. The first kappa shape index (κ1) is 14.6. The van der Waals surface area contributed by atoms with Gasteiger partial charge in [-0.1, -0.05) is 18.2 Å². The Kier molecular flexibility index (Phi) is 4.79. The highest BCUT2D eigenvalue weighted by molar-refractivity contribution is 9.10. The van der Waals surface area contributed by atoms with Crippen LogP contribution < -0.4 is 14.4 Å². The quantitative estimate of drug-likeness (QED) is 0.839. The Labute approximate surface area is 126 Å². The number of methoxy groups -OCH3 is 2. The Morgan fingerprint density at radius 2 is 1.95 bits per heavy atom. The maximum Gasteiger partial charge on any atom is 0.232 e. The number of rotatable bonds is 5. The van der Waals surface area contributed by atoms with Crippen molar-refractivity contribution in [1.82, 2.24) is 9.97 Å². The largest absolute Gasteiger partial charge is 0.496 e. The van der Waals surface area contributed by atoms with E-state index < -0.39 is 0 Å². The number of benzene rings is 1. The minimum Gasteiger partial charge on any atom is -0.496 e. The molecule has 0 aliphatic heterocycles. The molecule has 0 amide bonds. The molecule has 0 spiro atoms. The smallest absolute Gasteiger partial charge is 0.232 e. The first-order valence-electron chi connectivity index (χ1n) is 6.05. The van der Waals surface area contributed by atoms with Gasteiger partial charge < -0.3 is 14.4 Å². The van der Waals surface area contributed by atoms with Crippen molar-refractivity contribution in [2.24, 2.45) is 0 Å². The first-order valence-corrected chi connectivity index (χ1v) is 6.84. The number of nitrogens with zero attached hydrogens (tertiary/aromatic N) is 3. The van der Waals surface area contributed by atoms with E-state index in [-0.39, 0.29) is 0 Å². The number of hydrogen-bond donors (Lipinski definition) is 0. The molecule has 5 nitrogen and oxygen atoms in total. The third-order valence-electron chi connectivity index (χ3n) is 2.83. The molecular weight excluding hydrogens is 322 g/mol. The molecule has 6 heteroatoms. The Balaban J connectivity index is 2.21. The lowest BCUT2D eigenvalue weighted by Gasteiger charge is -2.19. The van der Waals surface area contributed by atoms with Crippen LogP contribution in [0.5, 0.6) is 11.6 Å². The summed E-state index contributed by atoms with van der Waals surface area (Å²) in [6.45, 7) is 0.648. The van der Waals surface area contributed by atoms with Gasteiger partial charge >= 0.3 is 0 Å². The highest BCUT2D eigenvalue weighted by Gasteiger charge is 2.11. The van der Waals surface area contributed by atoms with Crippen molar-refractivity contribution in [3.63, 3.8) is 0 Å². The van der Waals surface area contributed by atoms with Crippen LogP contribution in [0.25, 0.3) is 0 Å². The van der Waals surface area contributed by atoms with Crippen molar-refractivity contribution < 1.29 is 9.47 Å². The van der Waals surface area contributed by atoms with Crippen LogP contribution in [0.2, 0.25) is 0 Å². The van der Waals surface area contributed by atoms with Gasteiger partial charge in [0.2, 0.25) is 11.8 Å². The average molecular weight is 338 g/mol. The molecule has 0 radical (unpaired) electrons. The molecule has 0 aliphatic carbocycles. The van der Waals surface area contributed by atoms with Gasteiger partial charge in [0, 0.05) is 19.2 Å². The Bertz CT molecular complexity index is 592. The summed E-state index contributed by atoms with van der Waals surface area (Å²) in [5.74, 6) is 1.96. The topological polar surface area (TPSA) is 47.5 Å². The fourth-order valence-corrected chi connectivity index (χ4v) is 2.18. The lowest BCUT2D eigenvalue weighted by atomic mass is 10.2. The van der Waals surface area contributed by atoms with Crippen LogP contribution in [-0.4, -0.2) is 31.2 Å². The van der Waals surface area contributed by atoms with Gasteiger partial charge in [0.05, 0.1) is 24.9 Å². The van der Waals surface area contributed by atoms with E-state index >= 15 is 0 Å². The Hall–Kier alpha value is -1.82. The van der Waals surface area contributed by atoms with E-state index in [1.165, 1.54) is 0 Å². The minimum absolute atomic E-state index is 0.516. The first-order chi connectivity index (χ1) is 9.65. The van der Waals surface area contributed by atoms with Crippen molar-refractivity contribution in [2.75, 3.05) is 26.2 Å². The second-order valence-electron chi connectivity index (χ2n) is 4.20. The van der Waals surface area contributed by atoms with Gasteiger partial charge in [-0.3, -0.25) is 0 Å². The zero-order valence-corrected chi connectivity index (χ0v) is 13.2. The standard InChI is InChI=1S/C14H16BrN3O2/c1-18(9-10-6-4-5-7-12(10)19-2)14-16-8-11(15)13(17-14)20-3/h4-8H,9H2,1-3H3. The molecule has 0 saturated heterocycles. The molecule has 0 saturated carbocycles. The molecule has 2 aromatic rings. The monoisotopic (exact) mass is 337 g/mol. The van der Waals surface area contributed by atoms with Crippen LogP contribution in [-0.2, 0) is 6.54 Å². The number of halogens is 1. The summed E-state index contributed by atoms with van der Waals surface area (Å²) in [6.07, 6.45) is 1.68. The molecule has 0 unspecified atom stereocenters. The molecule has 0 aliphatic rings. The molecule has 1 aromatic heterocycles. The number of aromatic nitrogens is 2. The molecule has 1 aromatic carbocycles. The van der Waals surface area contributed by atoms with Crippen LogP contribution in [0.15, 0.2) is 34.9 Å². The Morgan fingerprint density at radius 3 is 2.65 bits per heavy atom. The number of ether oxygens (including phenoxy) is 2. The molecule has 20 heavy (non-hydrogen) atoms. The summed E-state index contributed by atoms with van der Waals surface area (Å²) in [4.78, 5) is 10.6. The molecular formula is C14H16BrN3O2. The summed E-state index contributed by atoms with van der Waals surface area (Å²) in [6, 6.07) is 7.88. The second-order valence-corrected chi connectivity index (χ2v) is 5.05. The molecule has 1 heterocycles. The molecule has 0 N–H and O–H groups in total. The van der Waals surface area contributed by atoms with Crippen LogP contribution in [0, 0.1) is 0 Å². The van der Waals surface area contributed by atoms with Gasteiger partial charge in [-0.25, -0.2) is 4.98 Å². The normalized spacial score (nSPS) is 10.2. The van der Waals surface area contributed by atoms with E-state index in [0.717, 1.165) is 15.8 Å². The predicted octanol–water partition coefficient (Wildman–Crippen LogP) is 2.89. The van der Waals surface area contributed by atoms with Crippen molar-refractivity contribution in [3.8, 4) is 11.6 Å². The lowest BCUT2D eigenvalue weighted by Crippen LogP contribution is -2.19. The maximum atomic E-state index is 5.35. The predicted molar refractivity (Wildman–Crippen MR) is 81.4 cm³/mol. The highest BCUT2D eigenvalue weighted by atomic mass is 79.9. The summed E-state index contributed by atoms with van der Waals surface area (Å²) in [5, 5.41) is 0. The van der Waals surface area contributed by atoms with E-state index in [0.29, 0.717) is 18.4 Å². The van der Waals surface area contributed by atoms with E-state index in [2.05, 4.69) is 25.9 Å². The lowest BCUT2D eigenvalue weighted by molar-refractivity contribution is 0.393. The maximum absolute atomic E-state index is 5.35. The fourth-order valence-electron chi connectivity index (χ4n) is 1.83. The van der Waals surface area contributed by atoms with Gasteiger partial charge in [0.15, 0.2) is 0 Å². The van der Waals surface area contributed by atoms with Crippen LogP contribution in [0.1, 0.15) is 5.56 Å². The summed E-state index contributed by atoms with van der Waals surface area (Å²) in [7, 11) is 5.17. The second kappa shape index (κ2) is 6.56. The third-order valence-corrected chi connectivity index (χ3v) is 3.38. The zero-order valence-electron chi connectivity index (χ0n) is 11.6. The summed E-state index contributed by atoms with van der Waals surface area (Å²) < 4.78 is 11.3. The van der Waals surface area contributed by atoms with Gasteiger partial charge in [0.1, 0.15) is 5.75 Å². The van der Waals surface area contributed by atoms with Crippen molar-refractivity contribution in [1.29, 1.82) is 0 Å². The van der Waals surface area contributed by atoms with Gasteiger partial charge in [0.25, 0.3) is 0 Å². The van der Waals surface area contributed by atoms with Crippen molar-refractivity contribution in [3.05, 3.63) is 40.5 Å². The number of hydrogen-bond acceptors (Lipinski definition) is 5. The highest BCUT2D eigenvalue weighted by Crippen LogP contribution is 2.25. The molecule has 0 atom stereocenters. The van der Waals surface area contributed by atoms with Crippen LogP contribution in [0.3, 0.4) is 0 Å². The number of para-hydroxylation sites is 1. The number of anilines is 1. The SMILES string of the molecule is COc1ccccc1CN(C)c1ncc(Br)c(OC)n1. The molecule has 0 bridgehead atoms. The average Bonchev–Trinajstić information content (AvgIpc) is 2.48. The minimum atomic E-state index is 0.516. The van der Waals surface area contributed by atoms with E-state index in [1.807, 2.05) is 36.2 Å². The molecule has 106 valence electrons. The van der Waals surface area contributed by atoms with E-state index in [4.69, 9.17) is 9.47 Å². The molecule has 0 fully saturated rings. The summed E-state index contributed by atoms with van der Waals surface area (Å²) >= 11 is 3.34. The van der Waals surface area contributed by atoms with Gasteiger partial charge in [-0.05, 0) is 22.0 Å². The van der Waals surface area contributed by atoms with Crippen molar-refractivity contribution in [2.45, 2.75) is 6.54 Å². The van der Waals surface area contributed by atoms with E-state index in [1.54, 1.807) is 20.4 Å². The molecule has 2 rings (SSSR count). The van der Waals surface area contributed by atoms with Gasteiger partial charge in [-0.2, -0.15) is 4.98 Å². The Morgan fingerprint density at radius 1 is 1.20 bits per heavy atom. The van der Waals surface area contributed by atoms with Crippen LogP contribution in [0.4, 0.5) is 5.95 Å².